The highest BCUT2D eigenvalue weighted by atomic mass is 79.9. The van der Waals surface area contributed by atoms with E-state index in [1.54, 1.807) is 26.8 Å². The van der Waals surface area contributed by atoms with Crippen molar-refractivity contribution in [2.24, 2.45) is 0 Å². The SMILES string of the molecule is CC(C)(C)OC(=O)Nc1cc(Br)ccc1F. The summed E-state index contributed by atoms with van der Waals surface area (Å²) in [6, 6.07) is 4.28. The molecule has 0 radical (unpaired) electrons. The third-order valence-electron chi connectivity index (χ3n) is 1.56. The fraction of sp³-hybridized carbons (Fsp3) is 0.364. The van der Waals surface area contributed by atoms with Gasteiger partial charge in [-0.25, -0.2) is 9.18 Å². The highest BCUT2D eigenvalue weighted by molar-refractivity contribution is 9.10. The molecule has 0 spiro atoms. The highest BCUT2D eigenvalue weighted by Gasteiger charge is 2.17. The Bertz CT molecular complexity index is 401. The molecule has 0 unspecified atom stereocenters. The molecule has 0 saturated heterocycles. The predicted octanol–water partition coefficient (Wildman–Crippen LogP) is 3.94. The summed E-state index contributed by atoms with van der Waals surface area (Å²) in [5.74, 6) is -0.506. The van der Waals surface area contributed by atoms with E-state index in [0.29, 0.717) is 4.47 Å². The van der Waals surface area contributed by atoms with Crippen molar-refractivity contribution in [1.82, 2.24) is 0 Å². The van der Waals surface area contributed by atoms with E-state index >= 15 is 0 Å². The molecule has 0 aliphatic carbocycles. The molecule has 88 valence electrons. The molecule has 1 rings (SSSR count). The van der Waals surface area contributed by atoms with Gasteiger partial charge in [-0.05, 0) is 39.0 Å². The summed E-state index contributed by atoms with van der Waals surface area (Å²) in [6.07, 6.45) is -0.676. The first-order valence-electron chi connectivity index (χ1n) is 4.73. The molecule has 0 heterocycles. The van der Waals surface area contributed by atoms with Crippen LogP contribution in [0.25, 0.3) is 0 Å². The van der Waals surface area contributed by atoms with Crippen LogP contribution >= 0.6 is 15.9 Å². The van der Waals surface area contributed by atoms with Crippen LogP contribution in [0.3, 0.4) is 0 Å². The second-order valence-corrected chi connectivity index (χ2v) is 5.17. The molecule has 1 aromatic carbocycles. The van der Waals surface area contributed by atoms with Gasteiger partial charge in [0.25, 0.3) is 0 Å². The molecule has 0 aromatic heterocycles. The Hall–Kier alpha value is -1.10. The first-order chi connectivity index (χ1) is 7.28. The number of ether oxygens (including phenoxy) is 1. The number of anilines is 1. The third-order valence-corrected chi connectivity index (χ3v) is 2.06. The zero-order chi connectivity index (χ0) is 12.3. The van der Waals surface area contributed by atoms with E-state index in [1.165, 1.54) is 12.1 Å². The second-order valence-electron chi connectivity index (χ2n) is 4.25. The van der Waals surface area contributed by atoms with Gasteiger partial charge in [0.2, 0.25) is 0 Å². The van der Waals surface area contributed by atoms with Crippen LogP contribution in [0.2, 0.25) is 0 Å². The fourth-order valence-electron chi connectivity index (χ4n) is 1.01. The normalized spacial score (nSPS) is 11.1. The van der Waals surface area contributed by atoms with Crippen LogP contribution in [0, 0.1) is 5.82 Å². The van der Waals surface area contributed by atoms with Gasteiger partial charge in [-0.2, -0.15) is 0 Å². The van der Waals surface area contributed by atoms with Crippen molar-refractivity contribution in [3.63, 3.8) is 0 Å². The van der Waals surface area contributed by atoms with Crippen molar-refractivity contribution in [2.45, 2.75) is 26.4 Å². The molecular formula is C11H13BrFNO2. The lowest BCUT2D eigenvalue weighted by Crippen LogP contribution is -2.27. The molecule has 0 saturated carbocycles. The van der Waals surface area contributed by atoms with Crippen molar-refractivity contribution < 1.29 is 13.9 Å². The number of halogens is 2. The third kappa shape index (κ3) is 4.18. The number of hydrogen-bond acceptors (Lipinski definition) is 2. The molecule has 0 bridgehead atoms. The van der Waals surface area contributed by atoms with E-state index in [2.05, 4.69) is 21.2 Å². The zero-order valence-electron chi connectivity index (χ0n) is 9.30. The number of rotatable bonds is 1. The summed E-state index contributed by atoms with van der Waals surface area (Å²) in [6.45, 7) is 5.22. The van der Waals surface area contributed by atoms with Crippen LogP contribution in [0.5, 0.6) is 0 Å². The molecule has 1 aromatic rings. The monoisotopic (exact) mass is 289 g/mol. The molecule has 16 heavy (non-hydrogen) atoms. The summed E-state index contributed by atoms with van der Waals surface area (Å²) in [7, 11) is 0. The largest absolute Gasteiger partial charge is 0.444 e. The highest BCUT2D eigenvalue weighted by Crippen LogP contribution is 2.20. The average Bonchev–Trinajstić information content (AvgIpc) is 2.08. The standard InChI is InChI=1S/C11H13BrFNO2/c1-11(2,3)16-10(15)14-9-6-7(12)4-5-8(9)13/h4-6H,1-3H3,(H,14,15). The van der Waals surface area contributed by atoms with Gasteiger partial charge in [0, 0.05) is 4.47 Å². The van der Waals surface area contributed by atoms with Crippen molar-refractivity contribution in [3.8, 4) is 0 Å². The fourth-order valence-corrected chi connectivity index (χ4v) is 1.37. The molecular weight excluding hydrogens is 277 g/mol. The molecule has 0 atom stereocenters. The van der Waals surface area contributed by atoms with E-state index in [9.17, 15) is 9.18 Å². The summed E-state index contributed by atoms with van der Waals surface area (Å²) in [5, 5.41) is 2.34. The van der Waals surface area contributed by atoms with Crippen molar-refractivity contribution >= 4 is 27.7 Å². The minimum Gasteiger partial charge on any atom is -0.444 e. The minimum absolute atomic E-state index is 0.0867. The Morgan fingerprint density at radius 1 is 1.44 bits per heavy atom. The van der Waals surface area contributed by atoms with Crippen LogP contribution in [0.15, 0.2) is 22.7 Å². The van der Waals surface area contributed by atoms with Crippen LogP contribution in [0.1, 0.15) is 20.8 Å². The lowest BCUT2D eigenvalue weighted by molar-refractivity contribution is 0.0635. The van der Waals surface area contributed by atoms with E-state index in [0.717, 1.165) is 0 Å². The maximum atomic E-state index is 13.3. The maximum absolute atomic E-state index is 13.3. The number of carbonyl (C=O) groups is 1. The van der Waals surface area contributed by atoms with Gasteiger partial charge >= 0.3 is 6.09 Å². The Morgan fingerprint density at radius 3 is 2.62 bits per heavy atom. The van der Waals surface area contributed by atoms with Crippen LogP contribution < -0.4 is 5.32 Å². The number of amides is 1. The van der Waals surface area contributed by atoms with Crippen LogP contribution in [0.4, 0.5) is 14.9 Å². The molecule has 5 heteroatoms. The molecule has 0 fully saturated rings. The minimum atomic E-state index is -0.676. The quantitative estimate of drug-likeness (QED) is 0.850. The first kappa shape index (κ1) is 13.0. The van der Waals surface area contributed by atoms with E-state index in [4.69, 9.17) is 4.74 Å². The molecule has 1 amide bonds. The lowest BCUT2D eigenvalue weighted by Gasteiger charge is -2.19. The Labute approximate surface area is 102 Å². The number of nitrogens with one attached hydrogen (secondary N) is 1. The zero-order valence-corrected chi connectivity index (χ0v) is 10.9. The van der Waals surface area contributed by atoms with Crippen LogP contribution in [-0.2, 0) is 4.74 Å². The van der Waals surface area contributed by atoms with Crippen molar-refractivity contribution in [3.05, 3.63) is 28.5 Å². The lowest BCUT2D eigenvalue weighted by atomic mass is 10.2. The maximum Gasteiger partial charge on any atom is 0.412 e. The number of carbonyl (C=O) groups excluding carboxylic acids is 1. The molecule has 0 aliphatic rings. The Kier molecular flexibility index (Phi) is 3.91. The van der Waals surface area contributed by atoms with E-state index < -0.39 is 17.5 Å². The summed E-state index contributed by atoms with van der Waals surface area (Å²) >= 11 is 3.19. The molecule has 3 nitrogen and oxygen atoms in total. The average molecular weight is 290 g/mol. The predicted molar refractivity (Wildman–Crippen MR) is 64.0 cm³/mol. The van der Waals surface area contributed by atoms with Gasteiger partial charge in [0.1, 0.15) is 11.4 Å². The number of hydrogen-bond donors (Lipinski definition) is 1. The molecule has 0 aliphatic heterocycles. The van der Waals surface area contributed by atoms with Gasteiger partial charge in [-0.15, -0.1) is 0 Å². The van der Waals surface area contributed by atoms with Gasteiger partial charge in [-0.1, -0.05) is 15.9 Å². The summed E-state index contributed by atoms with van der Waals surface area (Å²) in [5.41, 5.74) is -0.518. The Balaban J connectivity index is 2.73. The van der Waals surface area contributed by atoms with Gasteiger partial charge in [0.05, 0.1) is 5.69 Å². The summed E-state index contributed by atoms with van der Waals surface area (Å²) < 4.78 is 19.0. The topological polar surface area (TPSA) is 38.3 Å². The van der Waals surface area contributed by atoms with Crippen LogP contribution in [-0.4, -0.2) is 11.7 Å². The molecule has 1 N–H and O–H groups in total. The Morgan fingerprint density at radius 2 is 2.06 bits per heavy atom. The van der Waals surface area contributed by atoms with Gasteiger partial charge in [-0.3, -0.25) is 5.32 Å². The van der Waals surface area contributed by atoms with Gasteiger partial charge < -0.3 is 4.74 Å². The first-order valence-corrected chi connectivity index (χ1v) is 5.52. The summed E-state index contributed by atoms with van der Waals surface area (Å²) in [4.78, 5) is 11.4. The van der Waals surface area contributed by atoms with E-state index in [-0.39, 0.29) is 5.69 Å². The smallest absolute Gasteiger partial charge is 0.412 e. The second kappa shape index (κ2) is 4.82. The number of benzene rings is 1. The van der Waals surface area contributed by atoms with Gasteiger partial charge in [0.15, 0.2) is 0 Å². The van der Waals surface area contributed by atoms with Crippen molar-refractivity contribution in [2.75, 3.05) is 5.32 Å². The van der Waals surface area contributed by atoms with Crippen molar-refractivity contribution in [1.29, 1.82) is 0 Å². The van der Waals surface area contributed by atoms with E-state index in [1.807, 2.05) is 0 Å².